The Kier molecular flexibility index (Phi) is 16.5. The highest BCUT2D eigenvalue weighted by molar-refractivity contribution is 5.92. The van der Waals surface area contributed by atoms with Gasteiger partial charge in [0.1, 0.15) is 23.3 Å². The van der Waals surface area contributed by atoms with E-state index in [2.05, 4.69) is 27.4 Å². The SMILES string of the molecule is C[C@H]1C[C@@H](C(=O)N(CCCN(C)C)CCCN(C)C)N(C(=O)[C@@H](CCCCNC(=O)OC(C)(C)C)NC(=O)OC(C)(C)C)C1. The van der Waals surface area contributed by atoms with Gasteiger partial charge in [-0.05, 0) is 127 Å². The Balaban J connectivity index is 3.04. The zero-order valence-corrected chi connectivity index (χ0v) is 29.5. The monoisotopic (exact) mass is 626 g/mol. The first kappa shape index (κ1) is 39.4. The molecule has 4 amide bonds. The Hall–Kier alpha value is -2.60. The molecule has 0 aromatic heterocycles. The van der Waals surface area contributed by atoms with E-state index in [1.54, 1.807) is 46.4 Å². The van der Waals surface area contributed by atoms with Gasteiger partial charge in [0, 0.05) is 26.2 Å². The Morgan fingerprint density at radius 2 is 1.32 bits per heavy atom. The molecule has 0 spiro atoms. The summed E-state index contributed by atoms with van der Waals surface area (Å²) in [5, 5.41) is 5.51. The van der Waals surface area contributed by atoms with Crippen LogP contribution in [0.3, 0.4) is 0 Å². The Morgan fingerprint density at radius 1 is 0.795 bits per heavy atom. The lowest BCUT2D eigenvalue weighted by molar-refractivity contribution is -0.145. The van der Waals surface area contributed by atoms with Gasteiger partial charge in [-0.3, -0.25) is 9.59 Å². The van der Waals surface area contributed by atoms with Crippen LogP contribution >= 0.6 is 0 Å². The van der Waals surface area contributed by atoms with Gasteiger partial charge in [0.25, 0.3) is 0 Å². The lowest BCUT2D eigenvalue weighted by atomic mass is 10.1. The van der Waals surface area contributed by atoms with E-state index in [0.717, 1.165) is 25.9 Å². The molecule has 12 nitrogen and oxygen atoms in total. The predicted molar refractivity (Wildman–Crippen MR) is 173 cm³/mol. The minimum atomic E-state index is -0.858. The molecule has 2 N–H and O–H groups in total. The van der Waals surface area contributed by atoms with E-state index in [1.165, 1.54) is 0 Å². The summed E-state index contributed by atoms with van der Waals surface area (Å²) in [5.74, 6) is -0.156. The van der Waals surface area contributed by atoms with Crippen molar-refractivity contribution >= 4 is 24.0 Å². The number of alkyl carbamates (subject to hydrolysis) is 2. The molecule has 0 aromatic rings. The van der Waals surface area contributed by atoms with Crippen LogP contribution in [0, 0.1) is 5.92 Å². The molecule has 1 saturated heterocycles. The highest BCUT2D eigenvalue weighted by atomic mass is 16.6. The van der Waals surface area contributed by atoms with E-state index in [1.807, 2.05) is 33.1 Å². The molecule has 0 aliphatic carbocycles. The fraction of sp³-hybridized carbons (Fsp3) is 0.875. The smallest absolute Gasteiger partial charge is 0.408 e. The molecule has 0 radical (unpaired) electrons. The maximum Gasteiger partial charge on any atom is 0.408 e. The molecule has 0 unspecified atom stereocenters. The third kappa shape index (κ3) is 16.5. The van der Waals surface area contributed by atoms with Gasteiger partial charge in [-0.25, -0.2) is 9.59 Å². The van der Waals surface area contributed by atoms with Crippen LogP contribution in [0.15, 0.2) is 0 Å². The number of likely N-dealkylation sites (tertiary alicyclic amines) is 1. The summed E-state index contributed by atoms with van der Waals surface area (Å²) < 4.78 is 10.8. The number of amides is 4. The van der Waals surface area contributed by atoms with Crippen LogP contribution in [-0.2, 0) is 19.1 Å². The number of hydrogen-bond acceptors (Lipinski definition) is 8. The van der Waals surface area contributed by atoms with Crippen LogP contribution in [-0.4, -0.2) is 134 Å². The van der Waals surface area contributed by atoms with E-state index in [-0.39, 0.29) is 17.7 Å². The van der Waals surface area contributed by atoms with Gasteiger partial charge in [0.2, 0.25) is 11.8 Å². The van der Waals surface area contributed by atoms with Gasteiger partial charge < -0.3 is 39.7 Å². The van der Waals surface area contributed by atoms with E-state index in [9.17, 15) is 19.2 Å². The second-order valence-corrected chi connectivity index (χ2v) is 14.6. The molecule has 0 aromatic carbocycles. The lowest BCUT2D eigenvalue weighted by Gasteiger charge is -2.33. The number of unbranched alkanes of at least 4 members (excludes halogenated alkanes) is 1. The second kappa shape index (κ2) is 18.4. The van der Waals surface area contributed by atoms with Crippen LogP contribution in [0.4, 0.5) is 9.59 Å². The van der Waals surface area contributed by atoms with E-state index in [4.69, 9.17) is 9.47 Å². The van der Waals surface area contributed by atoms with Crippen molar-refractivity contribution in [2.45, 2.75) is 110 Å². The molecule has 1 rings (SSSR count). The molecule has 1 aliphatic rings. The van der Waals surface area contributed by atoms with Gasteiger partial charge in [-0.1, -0.05) is 6.92 Å². The van der Waals surface area contributed by atoms with Crippen molar-refractivity contribution in [1.29, 1.82) is 0 Å². The topological polar surface area (TPSA) is 124 Å². The number of nitrogens with zero attached hydrogens (tertiary/aromatic N) is 4. The average molecular weight is 627 g/mol. The lowest BCUT2D eigenvalue weighted by Crippen LogP contribution is -2.55. The van der Waals surface area contributed by atoms with E-state index < -0.39 is 35.5 Å². The number of hydrogen-bond donors (Lipinski definition) is 2. The molecule has 0 bridgehead atoms. The summed E-state index contributed by atoms with van der Waals surface area (Å²) in [6.45, 7) is 16.6. The summed E-state index contributed by atoms with van der Waals surface area (Å²) in [6.07, 6.45) is 2.59. The minimum Gasteiger partial charge on any atom is -0.444 e. The van der Waals surface area contributed by atoms with Gasteiger partial charge in [0.05, 0.1) is 0 Å². The number of carbonyl (C=O) groups excluding carboxylic acids is 4. The normalized spacial score (nSPS) is 17.9. The number of rotatable bonds is 16. The highest BCUT2D eigenvalue weighted by Crippen LogP contribution is 2.26. The van der Waals surface area contributed by atoms with Gasteiger partial charge >= 0.3 is 12.2 Å². The Labute approximate surface area is 266 Å². The van der Waals surface area contributed by atoms with Gasteiger partial charge in [-0.2, -0.15) is 0 Å². The van der Waals surface area contributed by atoms with Crippen LogP contribution in [0.25, 0.3) is 0 Å². The summed E-state index contributed by atoms with van der Waals surface area (Å²) in [6, 6.07) is -1.43. The average Bonchev–Trinajstić information content (AvgIpc) is 3.25. The molecule has 44 heavy (non-hydrogen) atoms. The largest absolute Gasteiger partial charge is 0.444 e. The molecule has 1 heterocycles. The third-order valence-corrected chi connectivity index (χ3v) is 7.03. The Morgan fingerprint density at radius 3 is 1.82 bits per heavy atom. The highest BCUT2D eigenvalue weighted by Gasteiger charge is 2.42. The van der Waals surface area contributed by atoms with E-state index >= 15 is 0 Å². The molecule has 256 valence electrons. The quantitative estimate of drug-likeness (QED) is 0.250. The molecular weight excluding hydrogens is 564 g/mol. The number of carbonyl (C=O) groups is 4. The van der Waals surface area contributed by atoms with Crippen molar-refractivity contribution in [3.63, 3.8) is 0 Å². The maximum atomic E-state index is 14.0. The fourth-order valence-corrected chi connectivity index (χ4v) is 5.11. The van der Waals surface area contributed by atoms with Crippen molar-refractivity contribution in [2.75, 3.05) is 67.5 Å². The molecule has 12 heteroatoms. The molecule has 0 saturated carbocycles. The fourth-order valence-electron chi connectivity index (χ4n) is 5.11. The summed E-state index contributed by atoms with van der Waals surface area (Å²) in [4.78, 5) is 60.6. The first-order chi connectivity index (χ1) is 20.3. The predicted octanol–water partition coefficient (Wildman–Crippen LogP) is 3.54. The van der Waals surface area contributed by atoms with Crippen molar-refractivity contribution in [3.05, 3.63) is 0 Å². The van der Waals surface area contributed by atoms with Crippen molar-refractivity contribution < 1.29 is 28.7 Å². The zero-order chi connectivity index (χ0) is 33.7. The van der Waals surface area contributed by atoms with Crippen molar-refractivity contribution in [3.8, 4) is 0 Å². The second-order valence-electron chi connectivity index (χ2n) is 14.6. The van der Waals surface area contributed by atoms with Gasteiger partial charge in [0.15, 0.2) is 0 Å². The third-order valence-electron chi connectivity index (χ3n) is 7.03. The molecular formula is C32H62N6O6. The standard InChI is InChI=1S/C32H62N6O6/c1-24-22-26(28(40)37(20-14-18-35(8)9)21-15-19-36(10)11)38(23-24)27(39)25(34-30(42)44-32(5,6)7)16-12-13-17-33-29(41)43-31(2,3)4/h24-26H,12-23H2,1-11H3,(H,33,41)(H,34,42)/t24-,25+,26-/m0/s1. The van der Waals surface area contributed by atoms with Crippen molar-refractivity contribution in [2.24, 2.45) is 5.92 Å². The summed E-state index contributed by atoms with van der Waals surface area (Å²) in [5.41, 5.74) is -1.32. The van der Waals surface area contributed by atoms with Crippen LogP contribution in [0.1, 0.15) is 87.0 Å². The first-order valence-corrected chi connectivity index (χ1v) is 16.1. The number of nitrogens with one attached hydrogen (secondary N) is 2. The van der Waals surface area contributed by atoms with Crippen LogP contribution in [0.5, 0.6) is 0 Å². The maximum absolute atomic E-state index is 14.0. The molecule has 1 fully saturated rings. The van der Waals surface area contributed by atoms with Crippen LogP contribution < -0.4 is 10.6 Å². The zero-order valence-electron chi connectivity index (χ0n) is 29.5. The van der Waals surface area contributed by atoms with Gasteiger partial charge in [-0.15, -0.1) is 0 Å². The minimum absolute atomic E-state index is 0.0298. The summed E-state index contributed by atoms with van der Waals surface area (Å²) >= 11 is 0. The molecule has 1 aliphatic heterocycles. The number of ether oxygens (including phenoxy) is 2. The Bertz CT molecular complexity index is 900. The first-order valence-electron chi connectivity index (χ1n) is 16.1. The van der Waals surface area contributed by atoms with Crippen molar-refractivity contribution in [1.82, 2.24) is 30.2 Å². The van der Waals surface area contributed by atoms with Crippen LogP contribution in [0.2, 0.25) is 0 Å². The van der Waals surface area contributed by atoms with E-state index in [0.29, 0.717) is 51.9 Å². The molecule has 3 atom stereocenters. The summed E-state index contributed by atoms with van der Waals surface area (Å²) in [7, 11) is 8.07.